The van der Waals surface area contributed by atoms with Crippen molar-refractivity contribution in [3.63, 3.8) is 0 Å². The Balaban J connectivity index is 1.36. The van der Waals surface area contributed by atoms with E-state index in [1.54, 1.807) is 11.3 Å². The van der Waals surface area contributed by atoms with Crippen LogP contribution in [0.2, 0.25) is 0 Å². The van der Waals surface area contributed by atoms with E-state index in [9.17, 15) is 9.59 Å². The van der Waals surface area contributed by atoms with Crippen LogP contribution in [0.4, 0.5) is 5.69 Å². The summed E-state index contributed by atoms with van der Waals surface area (Å²) in [5.74, 6) is 0.0941. The summed E-state index contributed by atoms with van der Waals surface area (Å²) in [4.78, 5) is 29.5. The number of rotatable bonds is 8. The van der Waals surface area contributed by atoms with Gasteiger partial charge in [-0.1, -0.05) is 54.1 Å². The first-order valence-electron chi connectivity index (χ1n) is 11.6. The van der Waals surface area contributed by atoms with E-state index in [4.69, 9.17) is 0 Å². The molecule has 0 spiro atoms. The number of anilines is 1. The Morgan fingerprint density at radius 2 is 1.73 bits per heavy atom. The van der Waals surface area contributed by atoms with Crippen molar-refractivity contribution < 1.29 is 9.59 Å². The summed E-state index contributed by atoms with van der Waals surface area (Å²) in [6, 6.07) is 21.5. The third-order valence-electron chi connectivity index (χ3n) is 6.20. The molecule has 3 aromatic rings. The average Bonchev–Trinajstić information content (AvgIpc) is 3.35. The van der Waals surface area contributed by atoms with Gasteiger partial charge in [-0.3, -0.25) is 14.5 Å². The van der Waals surface area contributed by atoms with E-state index in [-0.39, 0.29) is 23.8 Å². The summed E-state index contributed by atoms with van der Waals surface area (Å²) in [5.41, 5.74) is 2.93. The van der Waals surface area contributed by atoms with Crippen molar-refractivity contribution in [1.29, 1.82) is 0 Å². The molecule has 6 heteroatoms. The van der Waals surface area contributed by atoms with Gasteiger partial charge in [0, 0.05) is 23.0 Å². The maximum absolute atomic E-state index is 13.3. The molecule has 5 nitrogen and oxygen atoms in total. The van der Waals surface area contributed by atoms with Crippen molar-refractivity contribution in [2.24, 2.45) is 5.92 Å². The number of hydrogen-bond donors (Lipinski definition) is 2. The monoisotopic (exact) mass is 461 g/mol. The zero-order chi connectivity index (χ0) is 23.0. The third kappa shape index (κ3) is 6.30. The Kier molecular flexibility index (Phi) is 7.92. The molecule has 4 rings (SSSR count). The maximum Gasteiger partial charge on any atom is 0.246 e. The number of carbonyl (C=O) groups is 2. The van der Waals surface area contributed by atoms with Gasteiger partial charge in [0.15, 0.2) is 0 Å². The average molecular weight is 462 g/mol. The van der Waals surface area contributed by atoms with Crippen LogP contribution >= 0.6 is 11.3 Å². The third-order valence-corrected chi connectivity index (χ3v) is 7.14. The minimum atomic E-state index is -0.379. The molecule has 172 valence electrons. The molecule has 2 heterocycles. The number of hydrogen-bond acceptors (Lipinski definition) is 4. The lowest BCUT2D eigenvalue weighted by molar-refractivity contribution is -0.127. The van der Waals surface area contributed by atoms with Crippen molar-refractivity contribution in [3.05, 3.63) is 88.1 Å². The van der Waals surface area contributed by atoms with Gasteiger partial charge < -0.3 is 10.6 Å². The second-order valence-electron chi connectivity index (χ2n) is 8.60. The lowest BCUT2D eigenvalue weighted by Gasteiger charge is -2.36. The molecule has 2 aromatic carbocycles. The van der Waals surface area contributed by atoms with E-state index >= 15 is 0 Å². The van der Waals surface area contributed by atoms with Gasteiger partial charge in [0.25, 0.3) is 0 Å². The number of likely N-dealkylation sites (tertiary alicyclic amines) is 1. The standard InChI is InChI=1S/C27H31N3O2S/c1-20-9-11-23(12-10-20)29-27(32)25(21-6-3-2-4-7-21)30-17-14-22(15-18-30)26(31)28-16-13-24-8-5-19-33-24/h2-12,19,22,25H,13-18H2,1H3,(H,28,31)(H,29,32). The fraction of sp³-hybridized carbons (Fsp3) is 0.333. The fourth-order valence-electron chi connectivity index (χ4n) is 4.34. The first-order chi connectivity index (χ1) is 16.1. The van der Waals surface area contributed by atoms with Crippen molar-refractivity contribution in [1.82, 2.24) is 10.2 Å². The number of nitrogens with one attached hydrogen (secondary N) is 2. The van der Waals surface area contributed by atoms with Crippen LogP contribution in [0.15, 0.2) is 72.1 Å². The molecule has 1 aromatic heterocycles. The second kappa shape index (κ2) is 11.3. The first-order valence-corrected chi connectivity index (χ1v) is 12.4. The van der Waals surface area contributed by atoms with Crippen LogP contribution in [0.25, 0.3) is 0 Å². The van der Waals surface area contributed by atoms with Gasteiger partial charge in [0.1, 0.15) is 6.04 Å². The van der Waals surface area contributed by atoms with Gasteiger partial charge in [-0.05, 0) is 68.4 Å². The smallest absolute Gasteiger partial charge is 0.246 e. The predicted molar refractivity (Wildman–Crippen MR) is 134 cm³/mol. The first kappa shape index (κ1) is 23.2. The van der Waals surface area contributed by atoms with Gasteiger partial charge >= 0.3 is 0 Å². The molecule has 0 bridgehead atoms. The molecule has 1 aliphatic rings. The number of amides is 2. The summed E-state index contributed by atoms with van der Waals surface area (Å²) in [7, 11) is 0. The quantitative estimate of drug-likeness (QED) is 0.506. The second-order valence-corrected chi connectivity index (χ2v) is 9.63. The molecule has 33 heavy (non-hydrogen) atoms. The Labute approximate surface area is 199 Å². The number of nitrogens with zero attached hydrogens (tertiary/aromatic N) is 1. The minimum Gasteiger partial charge on any atom is -0.355 e. The SMILES string of the molecule is Cc1ccc(NC(=O)C(c2ccccc2)N2CCC(C(=O)NCCc3cccs3)CC2)cc1. The zero-order valence-corrected chi connectivity index (χ0v) is 19.8. The summed E-state index contributed by atoms with van der Waals surface area (Å²) < 4.78 is 0. The molecule has 2 N–H and O–H groups in total. The molecule has 1 saturated heterocycles. The van der Waals surface area contributed by atoms with Crippen LogP contribution in [0, 0.1) is 12.8 Å². The predicted octanol–water partition coefficient (Wildman–Crippen LogP) is 4.81. The van der Waals surface area contributed by atoms with Gasteiger partial charge in [0.05, 0.1) is 0 Å². The van der Waals surface area contributed by atoms with Crippen LogP contribution in [-0.2, 0) is 16.0 Å². The number of benzene rings is 2. The largest absolute Gasteiger partial charge is 0.355 e. The van der Waals surface area contributed by atoms with Crippen molar-refractivity contribution in [2.45, 2.75) is 32.2 Å². The Morgan fingerprint density at radius 1 is 1.00 bits per heavy atom. The number of aryl methyl sites for hydroxylation is 1. The normalized spacial score (nSPS) is 15.7. The van der Waals surface area contributed by atoms with Crippen molar-refractivity contribution in [3.8, 4) is 0 Å². The Bertz CT molecular complexity index is 1030. The Hall–Kier alpha value is -2.96. The molecule has 0 saturated carbocycles. The lowest BCUT2D eigenvalue weighted by Crippen LogP contribution is -2.45. The van der Waals surface area contributed by atoms with E-state index < -0.39 is 0 Å². The molecule has 1 aliphatic heterocycles. The van der Waals surface area contributed by atoms with E-state index in [2.05, 4.69) is 27.0 Å². The molecular weight excluding hydrogens is 430 g/mol. The summed E-state index contributed by atoms with van der Waals surface area (Å²) in [5, 5.41) is 8.24. The highest BCUT2D eigenvalue weighted by Crippen LogP contribution is 2.28. The van der Waals surface area contributed by atoms with E-state index in [0.717, 1.165) is 36.1 Å². The lowest BCUT2D eigenvalue weighted by atomic mass is 9.93. The highest BCUT2D eigenvalue weighted by atomic mass is 32.1. The number of thiophene rings is 1. The van der Waals surface area contributed by atoms with Crippen LogP contribution in [0.1, 0.15) is 34.9 Å². The highest BCUT2D eigenvalue weighted by Gasteiger charge is 2.33. The maximum atomic E-state index is 13.3. The van der Waals surface area contributed by atoms with Crippen molar-refractivity contribution in [2.75, 3.05) is 25.0 Å². The Morgan fingerprint density at radius 3 is 2.39 bits per heavy atom. The van der Waals surface area contributed by atoms with Gasteiger partial charge in [-0.25, -0.2) is 0 Å². The minimum absolute atomic E-state index is 0.00108. The van der Waals surface area contributed by atoms with Crippen LogP contribution in [-0.4, -0.2) is 36.3 Å². The van der Waals surface area contributed by atoms with Gasteiger partial charge in [-0.15, -0.1) is 11.3 Å². The van der Waals surface area contributed by atoms with Crippen LogP contribution in [0.5, 0.6) is 0 Å². The molecule has 1 fully saturated rings. The summed E-state index contributed by atoms with van der Waals surface area (Å²) in [6.45, 7) is 4.12. The van der Waals surface area contributed by atoms with Crippen LogP contribution in [0.3, 0.4) is 0 Å². The van der Waals surface area contributed by atoms with E-state index in [0.29, 0.717) is 19.6 Å². The molecule has 1 atom stereocenters. The molecule has 0 aliphatic carbocycles. The highest BCUT2D eigenvalue weighted by molar-refractivity contribution is 7.09. The van der Waals surface area contributed by atoms with E-state index in [1.165, 1.54) is 4.88 Å². The van der Waals surface area contributed by atoms with Crippen LogP contribution < -0.4 is 10.6 Å². The van der Waals surface area contributed by atoms with Gasteiger partial charge in [0.2, 0.25) is 11.8 Å². The van der Waals surface area contributed by atoms with E-state index in [1.807, 2.05) is 67.6 Å². The summed E-state index contributed by atoms with van der Waals surface area (Å²) >= 11 is 1.72. The molecule has 0 radical (unpaired) electrons. The molecule has 1 unspecified atom stereocenters. The van der Waals surface area contributed by atoms with Crippen molar-refractivity contribution >= 4 is 28.8 Å². The number of piperidine rings is 1. The molecule has 2 amide bonds. The fourth-order valence-corrected chi connectivity index (χ4v) is 5.05. The van der Waals surface area contributed by atoms with Gasteiger partial charge in [-0.2, -0.15) is 0 Å². The number of carbonyl (C=O) groups excluding carboxylic acids is 2. The zero-order valence-electron chi connectivity index (χ0n) is 19.0. The topological polar surface area (TPSA) is 61.4 Å². The molecular formula is C27H31N3O2S. The summed E-state index contributed by atoms with van der Waals surface area (Å²) in [6.07, 6.45) is 2.38.